The van der Waals surface area contributed by atoms with Gasteiger partial charge in [-0.05, 0) is 40.5 Å². The highest BCUT2D eigenvalue weighted by molar-refractivity contribution is 4.78. The van der Waals surface area contributed by atoms with Crippen LogP contribution in [0.15, 0.2) is 10.2 Å². The van der Waals surface area contributed by atoms with E-state index < -0.39 is 5.72 Å². The third-order valence-electron chi connectivity index (χ3n) is 1.51. The predicted octanol–water partition coefficient (Wildman–Crippen LogP) is 2.76. The van der Waals surface area contributed by atoms with E-state index in [4.69, 9.17) is 4.74 Å². The maximum absolute atomic E-state index is 5.64. The lowest BCUT2D eigenvalue weighted by Crippen LogP contribution is -2.22. The predicted molar refractivity (Wildman–Crippen MR) is 48.2 cm³/mol. The van der Waals surface area contributed by atoms with Crippen molar-refractivity contribution in [3.8, 4) is 0 Å². The lowest BCUT2D eigenvalue weighted by molar-refractivity contribution is -0.0286. The number of azo groups is 1. The van der Waals surface area contributed by atoms with Crippen LogP contribution >= 0.6 is 0 Å². The second kappa shape index (κ2) is 3.52. The summed E-state index contributed by atoms with van der Waals surface area (Å²) in [6.45, 7) is 7.93. The van der Waals surface area contributed by atoms with Gasteiger partial charge < -0.3 is 4.74 Å². The van der Waals surface area contributed by atoms with Crippen LogP contribution in [0.25, 0.3) is 0 Å². The molecular formula is C9H18N2O. The van der Waals surface area contributed by atoms with Crippen molar-refractivity contribution < 1.29 is 4.74 Å². The zero-order valence-corrected chi connectivity index (χ0v) is 8.37. The Kier molecular flexibility index (Phi) is 2.83. The molecule has 0 heterocycles. The SMILES string of the molecule is CC(C)/N=N/C(C)(C)OC1CC1. The average Bonchev–Trinajstić information content (AvgIpc) is 2.67. The minimum Gasteiger partial charge on any atom is -0.349 e. The number of hydrogen-bond acceptors (Lipinski definition) is 3. The molecule has 0 amide bonds. The van der Waals surface area contributed by atoms with Crippen LogP contribution in [-0.2, 0) is 4.74 Å². The Bertz CT molecular complexity index is 171. The highest BCUT2D eigenvalue weighted by Crippen LogP contribution is 2.29. The third-order valence-corrected chi connectivity index (χ3v) is 1.51. The molecule has 0 aliphatic heterocycles. The zero-order valence-electron chi connectivity index (χ0n) is 8.37. The molecule has 3 heteroatoms. The van der Waals surface area contributed by atoms with Gasteiger partial charge in [-0.3, -0.25) is 0 Å². The molecule has 0 aromatic carbocycles. The quantitative estimate of drug-likeness (QED) is 0.597. The molecule has 1 saturated carbocycles. The van der Waals surface area contributed by atoms with Crippen LogP contribution < -0.4 is 0 Å². The maximum Gasteiger partial charge on any atom is 0.173 e. The van der Waals surface area contributed by atoms with Crippen LogP contribution in [0.4, 0.5) is 0 Å². The monoisotopic (exact) mass is 170 g/mol. The van der Waals surface area contributed by atoms with Crippen molar-refractivity contribution in [3.63, 3.8) is 0 Å². The molecule has 1 aliphatic rings. The fraction of sp³-hybridized carbons (Fsp3) is 1.00. The zero-order chi connectivity index (χ0) is 9.19. The molecular weight excluding hydrogens is 152 g/mol. The molecule has 0 aromatic heterocycles. The summed E-state index contributed by atoms with van der Waals surface area (Å²) in [7, 11) is 0. The Morgan fingerprint density at radius 1 is 1.33 bits per heavy atom. The third kappa shape index (κ3) is 3.81. The molecule has 0 radical (unpaired) electrons. The Labute approximate surface area is 74.2 Å². The van der Waals surface area contributed by atoms with Crippen LogP contribution in [0.3, 0.4) is 0 Å². The normalized spacial score (nSPS) is 19.4. The van der Waals surface area contributed by atoms with Gasteiger partial charge in [-0.25, -0.2) is 0 Å². The maximum atomic E-state index is 5.64. The summed E-state index contributed by atoms with van der Waals surface area (Å²) in [4.78, 5) is 0. The molecule has 0 atom stereocenters. The first-order valence-electron chi connectivity index (χ1n) is 4.59. The summed E-state index contributed by atoms with van der Waals surface area (Å²) in [5, 5.41) is 8.22. The van der Waals surface area contributed by atoms with E-state index in [1.807, 2.05) is 27.7 Å². The molecule has 0 aromatic rings. The fourth-order valence-electron chi connectivity index (χ4n) is 0.872. The topological polar surface area (TPSA) is 34.0 Å². The summed E-state index contributed by atoms with van der Waals surface area (Å²) in [6, 6.07) is 0.257. The van der Waals surface area contributed by atoms with E-state index in [1.165, 1.54) is 12.8 Å². The fourth-order valence-corrected chi connectivity index (χ4v) is 0.872. The van der Waals surface area contributed by atoms with Gasteiger partial charge in [-0.2, -0.15) is 10.2 Å². The van der Waals surface area contributed by atoms with Crippen molar-refractivity contribution in [1.82, 2.24) is 0 Å². The lowest BCUT2D eigenvalue weighted by atomic mass is 10.3. The van der Waals surface area contributed by atoms with Gasteiger partial charge in [0.1, 0.15) is 0 Å². The van der Waals surface area contributed by atoms with Crippen LogP contribution in [0.5, 0.6) is 0 Å². The summed E-state index contributed by atoms with van der Waals surface area (Å²) in [5.41, 5.74) is -0.425. The lowest BCUT2D eigenvalue weighted by Gasteiger charge is -2.18. The van der Waals surface area contributed by atoms with E-state index in [9.17, 15) is 0 Å². The average molecular weight is 170 g/mol. The summed E-state index contributed by atoms with van der Waals surface area (Å²) >= 11 is 0. The summed E-state index contributed by atoms with van der Waals surface area (Å²) < 4.78 is 5.64. The standard InChI is InChI=1S/C9H18N2O/c1-7(2)10-11-9(3,4)12-8-5-6-8/h7-8H,5-6H2,1-4H3/b11-10+. The Hall–Kier alpha value is -0.440. The molecule has 70 valence electrons. The van der Waals surface area contributed by atoms with Crippen molar-refractivity contribution in [2.75, 3.05) is 0 Å². The van der Waals surface area contributed by atoms with Gasteiger partial charge in [0.05, 0.1) is 12.1 Å². The van der Waals surface area contributed by atoms with Gasteiger partial charge >= 0.3 is 0 Å². The molecule has 1 rings (SSSR count). The highest BCUT2D eigenvalue weighted by atomic mass is 16.5. The Balaban J connectivity index is 2.34. The van der Waals surface area contributed by atoms with Gasteiger partial charge in [0.25, 0.3) is 0 Å². The van der Waals surface area contributed by atoms with E-state index in [0.717, 1.165) is 0 Å². The summed E-state index contributed by atoms with van der Waals surface area (Å²) in [6.07, 6.45) is 2.80. The largest absolute Gasteiger partial charge is 0.349 e. The first-order valence-corrected chi connectivity index (χ1v) is 4.59. The first-order chi connectivity index (χ1) is 5.49. The molecule has 0 unspecified atom stereocenters. The highest BCUT2D eigenvalue weighted by Gasteiger charge is 2.30. The van der Waals surface area contributed by atoms with E-state index in [0.29, 0.717) is 6.10 Å². The van der Waals surface area contributed by atoms with Crippen LogP contribution in [-0.4, -0.2) is 17.9 Å². The molecule has 0 spiro atoms. The number of nitrogens with zero attached hydrogens (tertiary/aromatic N) is 2. The molecule has 1 fully saturated rings. The second-order valence-corrected chi connectivity index (χ2v) is 4.07. The molecule has 0 saturated heterocycles. The van der Waals surface area contributed by atoms with Crippen molar-refractivity contribution in [1.29, 1.82) is 0 Å². The second-order valence-electron chi connectivity index (χ2n) is 4.07. The molecule has 12 heavy (non-hydrogen) atoms. The van der Waals surface area contributed by atoms with Gasteiger partial charge in [0.15, 0.2) is 5.72 Å². The Morgan fingerprint density at radius 3 is 2.33 bits per heavy atom. The number of hydrogen-bond donors (Lipinski definition) is 0. The van der Waals surface area contributed by atoms with Crippen LogP contribution in [0, 0.1) is 0 Å². The minimum absolute atomic E-state index is 0.257. The van der Waals surface area contributed by atoms with Gasteiger partial charge in [-0.1, -0.05) is 0 Å². The van der Waals surface area contributed by atoms with Crippen molar-refractivity contribution >= 4 is 0 Å². The van der Waals surface area contributed by atoms with E-state index in [-0.39, 0.29) is 6.04 Å². The Morgan fingerprint density at radius 2 is 1.92 bits per heavy atom. The summed E-state index contributed by atoms with van der Waals surface area (Å²) in [5.74, 6) is 0. The van der Waals surface area contributed by atoms with Gasteiger partial charge in [-0.15, -0.1) is 0 Å². The van der Waals surface area contributed by atoms with Crippen LogP contribution in [0.2, 0.25) is 0 Å². The van der Waals surface area contributed by atoms with E-state index >= 15 is 0 Å². The minimum atomic E-state index is -0.425. The molecule has 3 nitrogen and oxygen atoms in total. The van der Waals surface area contributed by atoms with Gasteiger partial charge in [0.2, 0.25) is 0 Å². The van der Waals surface area contributed by atoms with Crippen LogP contribution in [0.1, 0.15) is 40.5 Å². The van der Waals surface area contributed by atoms with E-state index in [1.54, 1.807) is 0 Å². The molecule has 0 N–H and O–H groups in total. The smallest absolute Gasteiger partial charge is 0.173 e. The van der Waals surface area contributed by atoms with Crippen molar-refractivity contribution in [3.05, 3.63) is 0 Å². The molecule has 1 aliphatic carbocycles. The van der Waals surface area contributed by atoms with E-state index in [2.05, 4.69) is 10.2 Å². The molecule has 0 bridgehead atoms. The van der Waals surface area contributed by atoms with Gasteiger partial charge in [0, 0.05) is 0 Å². The van der Waals surface area contributed by atoms with Crippen molar-refractivity contribution in [2.45, 2.75) is 58.4 Å². The van der Waals surface area contributed by atoms with Crippen molar-refractivity contribution in [2.24, 2.45) is 10.2 Å². The first kappa shape index (κ1) is 9.65. The number of rotatable bonds is 4. The number of ether oxygens (including phenoxy) is 1.